The van der Waals surface area contributed by atoms with Crippen molar-refractivity contribution in [1.82, 2.24) is 15.5 Å². The first kappa shape index (κ1) is 24.9. The highest BCUT2D eigenvalue weighted by atomic mass is 16.5. The Morgan fingerprint density at radius 3 is 2.16 bits per heavy atom. The minimum Gasteiger partial charge on any atom is -0.493 e. The summed E-state index contributed by atoms with van der Waals surface area (Å²) in [5, 5.41) is 17.7. The van der Waals surface area contributed by atoms with Gasteiger partial charge in [-0.25, -0.2) is 0 Å². The first-order valence-corrected chi connectivity index (χ1v) is 10.3. The van der Waals surface area contributed by atoms with Crippen molar-refractivity contribution >= 4 is 0 Å². The van der Waals surface area contributed by atoms with Crippen molar-refractivity contribution in [2.45, 2.75) is 52.4 Å². The summed E-state index contributed by atoms with van der Waals surface area (Å²) in [6, 6.07) is 3.30. The highest BCUT2D eigenvalue weighted by molar-refractivity contribution is 5.66. The lowest BCUT2D eigenvalue weighted by atomic mass is 10.0. The molecule has 174 valence electrons. The van der Waals surface area contributed by atoms with Crippen LogP contribution in [0.15, 0.2) is 16.7 Å². The van der Waals surface area contributed by atoms with Gasteiger partial charge in [0.25, 0.3) is 0 Å². The van der Waals surface area contributed by atoms with Crippen LogP contribution in [0, 0.1) is 5.92 Å². The molecule has 0 saturated carbocycles. The molecular weight excluding hydrogens is 402 g/mol. The van der Waals surface area contributed by atoms with Gasteiger partial charge in [-0.1, -0.05) is 19.0 Å². The molecule has 2 unspecified atom stereocenters. The van der Waals surface area contributed by atoms with Crippen LogP contribution >= 0.6 is 0 Å². The van der Waals surface area contributed by atoms with E-state index in [-0.39, 0.29) is 24.2 Å². The second-order valence-electron chi connectivity index (χ2n) is 8.58. The highest BCUT2D eigenvalue weighted by Gasteiger charge is 2.25. The molecule has 1 aromatic carbocycles. The first-order valence-electron chi connectivity index (χ1n) is 10.3. The summed E-state index contributed by atoms with van der Waals surface area (Å²) in [5.74, 6) is 2.49. The summed E-state index contributed by atoms with van der Waals surface area (Å²) in [6.45, 7) is 10.5. The van der Waals surface area contributed by atoms with Crippen molar-refractivity contribution in [2.75, 3.05) is 34.5 Å². The smallest absolute Gasteiger partial charge is 0.244 e. The summed E-state index contributed by atoms with van der Waals surface area (Å²) in [5.41, 5.74) is 0.367. The summed E-state index contributed by atoms with van der Waals surface area (Å²) in [7, 11) is 4.65. The lowest BCUT2D eigenvalue weighted by Gasteiger charge is -2.24. The molecule has 9 nitrogen and oxygen atoms in total. The largest absolute Gasteiger partial charge is 0.493 e. The molecule has 0 fully saturated rings. The third kappa shape index (κ3) is 6.81. The zero-order chi connectivity index (χ0) is 23.2. The van der Waals surface area contributed by atoms with Gasteiger partial charge in [-0.2, -0.15) is 4.98 Å². The fourth-order valence-electron chi connectivity index (χ4n) is 2.97. The van der Waals surface area contributed by atoms with Crippen LogP contribution in [0.4, 0.5) is 0 Å². The highest BCUT2D eigenvalue weighted by Crippen LogP contribution is 2.40. The zero-order valence-corrected chi connectivity index (χ0v) is 19.7. The fraction of sp³-hybridized carbons (Fsp3) is 0.636. The molecule has 0 aliphatic heterocycles. The molecule has 2 atom stereocenters. The average Bonchev–Trinajstić information content (AvgIpc) is 3.20. The van der Waals surface area contributed by atoms with E-state index in [0.29, 0.717) is 41.1 Å². The van der Waals surface area contributed by atoms with Crippen LogP contribution in [-0.4, -0.2) is 61.4 Å². The summed E-state index contributed by atoms with van der Waals surface area (Å²) < 4.78 is 27.3. The molecule has 9 heteroatoms. The number of hydrogen-bond acceptors (Lipinski definition) is 9. The molecule has 31 heavy (non-hydrogen) atoms. The van der Waals surface area contributed by atoms with E-state index in [0.717, 1.165) is 0 Å². The van der Waals surface area contributed by atoms with Crippen molar-refractivity contribution in [1.29, 1.82) is 0 Å². The van der Waals surface area contributed by atoms with Gasteiger partial charge in [0, 0.05) is 12.1 Å². The number of aromatic nitrogens is 2. The predicted molar refractivity (Wildman–Crippen MR) is 117 cm³/mol. The van der Waals surface area contributed by atoms with Crippen LogP contribution in [0.5, 0.6) is 17.2 Å². The molecule has 0 amide bonds. The average molecular weight is 438 g/mol. The fourth-order valence-corrected chi connectivity index (χ4v) is 2.97. The van der Waals surface area contributed by atoms with E-state index in [1.54, 1.807) is 33.5 Å². The Balaban J connectivity index is 2.18. The van der Waals surface area contributed by atoms with Gasteiger partial charge in [-0.05, 0) is 38.8 Å². The molecule has 0 spiro atoms. The second kappa shape index (κ2) is 10.8. The van der Waals surface area contributed by atoms with Gasteiger partial charge < -0.3 is 33.9 Å². The number of ether oxygens (including phenoxy) is 4. The Bertz CT molecular complexity index is 806. The maximum absolute atomic E-state index is 10.2. The van der Waals surface area contributed by atoms with Gasteiger partial charge in [-0.15, -0.1) is 0 Å². The molecule has 2 N–H and O–H groups in total. The minimum absolute atomic E-state index is 0.156. The van der Waals surface area contributed by atoms with E-state index in [2.05, 4.69) is 15.5 Å². The number of aliphatic hydroxyl groups excluding tert-OH is 1. The van der Waals surface area contributed by atoms with Crippen LogP contribution in [-0.2, 0) is 4.74 Å². The van der Waals surface area contributed by atoms with Crippen molar-refractivity contribution in [3.05, 3.63) is 18.0 Å². The van der Waals surface area contributed by atoms with Crippen LogP contribution < -0.4 is 19.5 Å². The summed E-state index contributed by atoms with van der Waals surface area (Å²) in [6.07, 6.45) is -0.655. The van der Waals surface area contributed by atoms with E-state index >= 15 is 0 Å². The van der Waals surface area contributed by atoms with E-state index in [1.807, 2.05) is 34.6 Å². The number of rotatable bonds is 11. The Morgan fingerprint density at radius 1 is 1.06 bits per heavy atom. The van der Waals surface area contributed by atoms with Crippen molar-refractivity contribution in [3.8, 4) is 28.6 Å². The van der Waals surface area contributed by atoms with E-state index in [1.165, 1.54) is 0 Å². The maximum atomic E-state index is 10.2. The molecule has 0 bridgehead atoms. The van der Waals surface area contributed by atoms with Gasteiger partial charge >= 0.3 is 0 Å². The van der Waals surface area contributed by atoms with Crippen LogP contribution in [0.1, 0.15) is 46.6 Å². The monoisotopic (exact) mass is 437 g/mol. The van der Waals surface area contributed by atoms with E-state index in [4.69, 9.17) is 23.5 Å². The molecule has 1 aromatic heterocycles. The second-order valence-corrected chi connectivity index (χ2v) is 8.58. The molecule has 0 saturated heterocycles. The van der Waals surface area contributed by atoms with Gasteiger partial charge in [0.2, 0.25) is 17.5 Å². The number of nitrogens with one attached hydrogen (secondary N) is 1. The molecule has 0 aliphatic rings. The van der Waals surface area contributed by atoms with Crippen molar-refractivity contribution in [3.63, 3.8) is 0 Å². The van der Waals surface area contributed by atoms with Crippen LogP contribution in [0.3, 0.4) is 0 Å². The molecule has 2 aromatic rings. The Hall–Kier alpha value is -2.36. The normalized spacial score (nSPS) is 13.9. The summed E-state index contributed by atoms with van der Waals surface area (Å²) in [4.78, 5) is 4.57. The molecule has 0 radical (unpaired) electrons. The third-order valence-corrected chi connectivity index (χ3v) is 4.58. The first-order chi connectivity index (χ1) is 14.6. The van der Waals surface area contributed by atoms with Gasteiger partial charge in [0.15, 0.2) is 11.5 Å². The van der Waals surface area contributed by atoms with Crippen LogP contribution in [0.25, 0.3) is 11.4 Å². The SMILES string of the molecule is COc1cc(-c2noc(C(NCC(O)COC(C)(C)C)C(C)C)n2)cc(OC)c1OC. The van der Waals surface area contributed by atoms with E-state index in [9.17, 15) is 5.11 Å². The Labute approximate surface area is 184 Å². The molecule has 1 heterocycles. The maximum Gasteiger partial charge on any atom is 0.244 e. The lowest BCUT2D eigenvalue weighted by Crippen LogP contribution is -2.37. The number of hydrogen-bond donors (Lipinski definition) is 2. The van der Waals surface area contributed by atoms with E-state index < -0.39 is 6.10 Å². The molecular formula is C22H35N3O6. The van der Waals surface area contributed by atoms with Crippen molar-refractivity contribution in [2.24, 2.45) is 5.92 Å². The quantitative estimate of drug-likeness (QED) is 0.548. The van der Waals surface area contributed by atoms with Crippen LogP contribution in [0.2, 0.25) is 0 Å². The molecule has 0 aliphatic carbocycles. The molecule has 2 rings (SSSR count). The third-order valence-electron chi connectivity index (χ3n) is 4.58. The van der Waals surface area contributed by atoms with Gasteiger partial charge in [0.1, 0.15) is 0 Å². The minimum atomic E-state index is -0.655. The van der Waals surface area contributed by atoms with Crippen molar-refractivity contribution < 1.29 is 28.6 Å². The number of methoxy groups -OCH3 is 3. The zero-order valence-electron chi connectivity index (χ0n) is 19.7. The Morgan fingerprint density at radius 2 is 1.68 bits per heavy atom. The van der Waals surface area contributed by atoms with Gasteiger partial charge in [-0.3, -0.25) is 0 Å². The lowest BCUT2D eigenvalue weighted by molar-refractivity contribution is -0.0488. The Kier molecular flexibility index (Phi) is 8.67. The summed E-state index contributed by atoms with van der Waals surface area (Å²) >= 11 is 0. The number of aliphatic hydroxyl groups is 1. The van der Waals surface area contributed by atoms with Gasteiger partial charge in [0.05, 0.1) is 45.7 Å². The standard InChI is InChI=1S/C22H35N3O6/c1-13(2)18(23-11-15(26)12-30-22(3,4)5)21-24-20(25-31-21)14-9-16(27-6)19(29-8)17(10-14)28-7/h9-10,13,15,18,23,26H,11-12H2,1-8H3. The topological polar surface area (TPSA) is 108 Å². The number of nitrogens with zero attached hydrogens (tertiary/aromatic N) is 2. The number of benzene rings is 1. The predicted octanol–water partition coefficient (Wildman–Crippen LogP) is 3.23.